The highest BCUT2D eigenvalue weighted by atomic mass is 79.9. The first kappa shape index (κ1) is 15.5. The molecule has 1 unspecified atom stereocenters. The summed E-state index contributed by atoms with van der Waals surface area (Å²) in [5.41, 5.74) is 0. The summed E-state index contributed by atoms with van der Waals surface area (Å²) in [6, 6.07) is 2.74. The lowest BCUT2D eigenvalue weighted by Crippen LogP contribution is -2.33. The van der Waals surface area contributed by atoms with Gasteiger partial charge in [0.2, 0.25) is 0 Å². The summed E-state index contributed by atoms with van der Waals surface area (Å²) in [5.74, 6) is 3.25. The number of thiophene rings is 1. The molecule has 0 spiro atoms. The first-order valence-corrected chi connectivity index (χ1v) is 8.99. The second-order valence-electron chi connectivity index (χ2n) is 4.58. The zero-order valence-corrected chi connectivity index (χ0v) is 14.1. The Morgan fingerprint density at radius 1 is 1.41 bits per heavy atom. The van der Waals surface area contributed by atoms with E-state index in [1.54, 1.807) is 0 Å². The molecule has 0 aliphatic rings. The average molecular weight is 336 g/mol. The minimum Gasteiger partial charge on any atom is -0.313 e. The molecule has 4 heteroatoms. The van der Waals surface area contributed by atoms with Crippen molar-refractivity contribution in [3.63, 3.8) is 0 Å². The van der Waals surface area contributed by atoms with E-state index < -0.39 is 0 Å². The van der Waals surface area contributed by atoms with Crippen molar-refractivity contribution >= 4 is 39.0 Å². The van der Waals surface area contributed by atoms with Gasteiger partial charge in [0, 0.05) is 21.1 Å². The molecule has 0 saturated heterocycles. The number of thioether (sulfide) groups is 1. The summed E-state index contributed by atoms with van der Waals surface area (Å²) in [4.78, 5) is 1.46. The summed E-state index contributed by atoms with van der Waals surface area (Å²) in [6.07, 6.45) is 1.14. The minimum absolute atomic E-state index is 0.596. The molecule has 1 nitrogen and oxygen atoms in total. The second-order valence-corrected chi connectivity index (χ2v) is 7.51. The monoisotopic (exact) mass is 335 g/mol. The molecule has 0 radical (unpaired) electrons. The third kappa shape index (κ3) is 6.27. The summed E-state index contributed by atoms with van der Waals surface area (Å²) in [6.45, 7) is 7.80. The topological polar surface area (TPSA) is 12.0 Å². The van der Waals surface area contributed by atoms with Crippen molar-refractivity contribution < 1.29 is 0 Å². The van der Waals surface area contributed by atoms with E-state index >= 15 is 0 Å². The number of halogens is 1. The van der Waals surface area contributed by atoms with Gasteiger partial charge in [0.25, 0.3) is 0 Å². The fourth-order valence-corrected chi connectivity index (χ4v) is 4.34. The highest BCUT2D eigenvalue weighted by molar-refractivity contribution is 9.10. The van der Waals surface area contributed by atoms with Crippen molar-refractivity contribution in [1.82, 2.24) is 5.32 Å². The van der Waals surface area contributed by atoms with Crippen molar-refractivity contribution in [2.45, 2.75) is 33.2 Å². The number of rotatable bonds is 8. The second kappa shape index (κ2) is 8.57. The Morgan fingerprint density at radius 3 is 2.71 bits per heavy atom. The van der Waals surface area contributed by atoms with E-state index in [0.29, 0.717) is 6.04 Å². The smallest absolute Gasteiger partial charge is 0.0314 e. The van der Waals surface area contributed by atoms with Crippen LogP contribution in [-0.2, 0) is 6.42 Å². The van der Waals surface area contributed by atoms with Crippen LogP contribution in [0.5, 0.6) is 0 Å². The van der Waals surface area contributed by atoms with E-state index in [9.17, 15) is 0 Å². The Hall–Kier alpha value is 0.490. The fourth-order valence-electron chi connectivity index (χ4n) is 1.62. The molecular formula is C13H22BrNS2. The normalized spacial score (nSPS) is 13.2. The van der Waals surface area contributed by atoms with Crippen molar-refractivity contribution in [3.05, 3.63) is 20.8 Å². The van der Waals surface area contributed by atoms with Crippen LogP contribution < -0.4 is 5.32 Å². The molecule has 1 aromatic heterocycles. The maximum atomic E-state index is 3.61. The standard InChI is InChI=1S/C13H22BrNS2/c1-4-15-11(9-16-8-10(2)3)7-13-12(14)5-6-17-13/h5-6,10-11,15H,4,7-9H2,1-3H3. The van der Waals surface area contributed by atoms with E-state index in [4.69, 9.17) is 0 Å². The Bertz CT molecular complexity index is 312. The lowest BCUT2D eigenvalue weighted by molar-refractivity contribution is 0.575. The highest BCUT2D eigenvalue weighted by Gasteiger charge is 2.12. The SMILES string of the molecule is CCNC(CSCC(C)C)Cc1sccc1Br. The van der Waals surface area contributed by atoms with Gasteiger partial charge in [0.05, 0.1) is 0 Å². The molecule has 1 N–H and O–H groups in total. The van der Waals surface area contributed by atoms with Gasteiger partial charge in [0.1, 0.15) is 0 Å². The number of hydrogen-bond donors (Lipinski definition) is 1. The molecule has 1 rings (SSSR count). The van der Waals surface area contributed by atoms with Crippen LogP contribution in [-0.4, -0.2) is 24.1 Å². The van der Waals surface area contributed by atoms with E-state index in [0.717, 1.165) is 18.9 Å². The van der Waals surface area contributed by atoms with E-state index in [2.05, 4.69) is 65.2 Å². The van der Waals surface area contributed by atoms with Gasteiger partial charge in [-0.05, 0) is 52.0 Å². The molecule has 0 fully saturated rings. The summed E-state index contributed by atoms with van der Waals surface area (Å²) in [7, 11) is 0. The van der Waals surface area contributed by atoms with Crippen LogP contribution in [0.3, 0.4) is 0 Å². The first-order valence-electron chi connectivity index (χ1n) is 6.16. The van der Waals surface area contributed by atoms with E-state index in [-0.39, 0.29) is 0 Å². The molecule has 1 atom stereocenters. The van der Waals surface area contributed by atoms with Crippen molar-refractivity contribution in [1.29, 1.82) is 0 Å². The Kier molecular flexibility index (Phi) is 7.84. The van der Waals surface area contributed by atoms with Gasteiger partial charge in [0.15, 0.2) is 0 Å². The van der Waals surface area contributed by atoms with Gasteiger partial charge in [-0.2, -0.15) is 11.8 Å². The van der Waals surface area contributed by atoms with Crippen LogP contribution in [0.4, 0.5) is 0 Å². The van der Waals surface area contributed by atoms with Crippen LogP contribution in [0.1, 0.15) is 25.6 Å². The molecule has 0 aliphatic carbocycles. The quantitative estimate of drug-likeness (QED) is 0.754. The molecule has 0 amide bonds. The molecule has 98 valence electrons. The Labute approximate surface area is 122 Å². The summed E-state index contributed by atoms with van der Waals surface area (Å²) in [5, 5.41) is 5.74. The maximum Gasteiger partial charge on any atom is 0.0314 e. The van der Waals surface area contributed by atoms with E-state index in [1.165, 1.54) is 20.9 Å². The van der Waals surface area contributed by atoms with Crippen LogP contribution in [0.2, 0.25) is 0 Å². The maximum absolute atomic E-state index is 3.61. The molecule has 0 bridgehead atoms. The molecular weight excluding hydrogens is 314 g/mol. The summed E-state index contributed by atoms with van der Waals surface area (Å²) >= 11 is 7.52. The highest BCUT2D eigenvalue weighted by Crippen LogP contribution is 2.24. The zero-order valence-electron chi connectivity index (χ0n) is 10.8. The molecule has 0 aromatic carbocycles. The zero-order chi connectivity index (χ0) is 12.7. The van der Waals surface area contributed by atoms with Gasteiger partial charge in [-0.1, -0.05) is 20.8 Å². The Balaban J connectivity index is 2.40. The number of hydrogen-bond acceptors (Lipinski definition) is 3. The largest absolute Gasteiger partial charge is 0.313 e. The summed E-state index contributed by atoms with van der Waals surface area (Å²) < 4.78 is 1.26. The predicted octanol–water partition coefficient (Wildman–Crippen LogP) is 4.42. The van der Waals surface area contributed by atoms with Crippen molar-refractivity contribution in [3.8, 4) is 0 Å². The molecule has 0 saturated carbocycles. The number of likely N-dealkylation sites (N-methyl/N-ethyl adjacent to an activating group) is 1. The Morgan fingerprint density at radius 2 is 2.18 bits per heavy atom. The average Bonchev–Trinajstić information content (AvgIpc) is 2.64. The third-order valence-electron chi connectivity index (χ3n) is 2.39. The third-order valence-corrected chi connectivity index (χ3v) is 5.87. The van der Waals surface area contributed by atoms with Crippen LogP contribution in [0.15, 0.2) is 15.9 Å². The predicted molar refractivity (Wildman–Crippen MR) is 85.4 cm³/mol. The molecule has 0 aliphatic heterocycles. The fraction of sp³-hybridized carbons (Fsp3) is 0.692. The van der Waals surface area contributed by atoms with Crippen molar-refractivity contribution in [2.24, 2.45) is 5.92 Å². The van der Waals surface area contributed by atoms with Gasteiger partial charge in [-0.25, -0.2) is 0 Å². The van der Waals surface area contributed by atoms with Crippen molar-refractivity contribution in [2.75, 3.05) is 18.1 Å². The van der Waals surface area contributed by atoms with E-state index in [1.807, 2.05) is 11.3 Å². The van der Waals surface area contributed by atoms with Gasteiger partial charge < -0.3 is 5.32 Å². The first-order chi connectivity index (χ1) is 8.13. The minimum atomic E-state index is 0.596. The van der Waals surface area contributed by atoms with Gasteiger partial charge in [-0.3, -0.25) is 0 Å². The molecule has 17 heavy (non-hydrogen) atoms. The van der Waals surface area contributed by atoms with Crippen LogP contribution in [0.25, 0.3) is 0 Å². The lowest BCUT2D eigenvalue weighted by atomic mass is 10.2. The van der Waals surface area contributed by atoms with Crippen LogP contribution in [0, 0.1) is 5.92 Å². The van der Waals surface area contributed by atoms with Gasteiger partial charge >= 0.3 is 0 Å². The number of nitrogens with one attached hydrogen (secondary N) is 1. The van der Waals surface area contributed by atoms with Crippen LogP contribution >= 0.6 is 39.0 Å². The lowest BCUT2D eigenvalue weighted by Gasteiger charge is -2.17. The van der Waals surface area contributed by atoms with Gasteiger partial charge in [-0.15, -0.1) is 11.3 Å². The molecule has 1 heterocycles. The molecule has 1 aromatic rings.